The molecule has 0 radical (unpaired) electrons. The van der Waals surface area contributed by atoms with Crippen molar-refractivity contribution in [2.24, 2.45) is 5.73 Å². The zero-order valence-corrected chi connectivity index (χ0v) is 9.93. The van der Waals surface area contributed by atoms with Gasteiger partial charge in [0.25, 0.3) is 0 Å². The molecule has 0 aliphatic heterocycles. The highest BCUT2D eigenvalue weighted by atomic mass is 19.4. The molecule has 1 unspecified atom stereocenters. The third-order valence-electron chi connectivity index (χ3n) is 2.78. The van der Waals surface area contributed by atoms with Crippen LogP contribution in [-0.4, -0.2) is 0 Å². The molecule has 1 nitrogen and oxygen atoms in total. The zero-order chi connectivity index (χ0) is 12.9. The first-order valence-corrected chi connectivity index (χ1v) is 5.88. The molecule has 0 heterocycles. The lowest BCUT2D eigenvalue weighted by Gasteiger charge is -2.13. The van der Waals surface area contributed by atoms with Gasteiger partial charge in [-0.05, 0) is 24.1 Å². The molecule has 1 aromatic carbocycles. The molecule has 0 aromatic heterocycles. The number of alkyl halides is 3. The molecule has 0 bridgehead atoms. The van der Waals surface area contributed by atoms with Crippen molar-refractivity contribution in [2.75, 3.05) is 0 Å². The van der Waals surface area contributed by atoms with E-state index in [1.807, 2.05) is 0 Å². The van der Waals surface area contributed by atoms with Crippen molar-refractivity contribution in [3.63, 3.8) is 0 Å². The van der Waals surface area contributed by atoms with Crippen LogP contribution in [0.3, 0.4) is 0 Å². The Bertz CT molecular complexity index is 330. The lowest BCUT2D eigenvalue weighted by atomic mass is 10.00. The lowest BCUT2D eigenvalue weighted by Crippen LogP contribution is -2.11. The summed E-state index contributed by atoms with van der Waals surface area (Å²) >= 11 is 0. The fourth-order valence-corrected chi connectivity index (χ4v) is 1.70. The minimum atomic E-state index is -4.27. The highest BCUT2D eigenvalue weighted by Gasteiger charge is 2.30. The van der Waals surface area contributed by atoms with Crippen LogP contribution >= 0.6 is 0 Å². The monoisotopic (exact) mass is 245 g/mol. The van der Waals surface area contributed by atoms with Crippen LogP contribution in [0.4, 0.5) is 13.2 Å². The number of unbranched alkanes of at least 4 members (excludes halogenated alkanes) is 2. The molecule has 0 fully saturated rings. The van der Waals surface area contributed by atoms with Gasteiger partial charge < -0.3 is 5.73 Å². The van der Waals surface area contributed by atoms with Gasteiger partial charge in [-0.1, -0.05) is 38.3 Å². The minimum Gasteiger partial charge on any atom is -0.324 e. The standard InChI is InChI=1S/C13H18F3N/c1-2-3-4-5-12(17)10-6-8-11(9-7-10)13(14,15)16/h6-9,12H,2-5,17H2,1H3. The van der Waals surface area contributed by atoms with Gasteiger partial charge in [0.1, 0.15) is 0 Å². The van der Waals surface area contributed by atoms with Crippen LogP contribution in [0, 0.1) is 0 Å². The molecule has 0 saturated carbocycles. The average molecular weight is 245 g/mol. The van der Waals surface area contributed by atoms with E-state index in [1.54, 1.807) is 0 Å². The van der Waals surface area contributed by atoms with Gasteiger partial charge in [0, 0.05) is 6.04 Å². The Morgan fingerprint density at radius 3 is 2.18 bits per heavy atom. The first-order valence-electron chi connectivity index (χ1n) is 5.88. The molecule has 0 aliphatic rings. The number of hydrogen-bond acceptors (Lipinski definition) is 1. The molecule has 0 aliphatic carbocycles. The van der Waals surface area contributed by atoms with E-state index < -0.39 is 11.7 Å². The average Bonchev–Trinajstić information content (AvgIpc) is 2.28. The Labute approximate surface area is 99.8 Å². The van der Waals surface area contributed by atoms with Gasteiger partial charge in [-0.3, -0.25) is 0 Å². The predicted molar refractivity (Wildman–Crippen MR) is 62.5 cm³/mol. The second-order valence-electron chi connectivity index (χ2n) is 4.22. The van der Waals surface area contributed by atoms with E-state index >= 15 is 0 Å². The molecule has 1 rings (SSSR count). The molecule has 17 heavy (non-hydrogen) atoms. The largest absolute Gasteiger partial charge is 0.416 e. The highest BCUT2D eigenvalue weighted by Crippen LogP contribution is 2.30. The van der Waals surface area contributed by atoms with Crippen LogP contribution in [0.1, 0.15) is 49.8 Å². The smallest absolute Gasteiger partial charge is 0.324 e. The second kappa shape index (κ2) is 6.05. The summed E-state index contributed by atoms with van der Waals surface area (Å²) < 4.78 is 37.0. The van der Waals surface area contributed by atoms with E-state index in [4.69, 9.17) is 5.73 Å². The van der Waals surface area contributed by atoms with Gasteiger partial charge in [-0.2, -0.15) is 13.2 Å². The third-order valence-corrected chi connectivity index (χ3v) is 2.78. The van der Waals surface area contributed by atoms with Gasteiger partial charge in [0.05, 0.1) is 5.56 Å². The summed E-state index contributed by atoms with van der Waals surface area (Å²) in [4.78, 5) is 0. The van der Waals surface area contributed by atoms with Crippen molar-refractivity contribution in [3.05, 3.63) is 35.4 Å². The molecule has 0 spiro atoms. The van der Waals surface area contributed by atoms with Gasteiger partial charge >= 0.3 is 6.18 Å². The van der Waals surface area contributed by atoms with Crippen molar-refractivity contribution in [3.8, 4) is 0 Å². The summed E-state index contributed by atoms with van der Waals surface area (Å²) in [7, 11) is 0. The summed E-state index contributed by atoms with van der Waals surface area (Å²) in [6.07, 6.45) is -0.225. The Morgan fingerprint density at radius 2 is 1.71 bits per heavy atom. The number of rotatable bonds is 5. The van der Waals surface area contributed by atoms with E-state index in [9.17, 15) is 13.2 Å². The molecular weight excluding hydrogens is 227 g/mol. The number of halogens is 3. The summed E-state index contributed by atoms with van der Waals surface area (Å²) in [6.45, 7) is 2.10. The van der Waals surface area contributed by atoms with Crippen molar-refractivity contribution in [1.29, 1.82) is 0 Å². The Hall–Kier alpha value is -1.03. The van der Waals surface area contributed by atoms with Crippen LogP contribution in [-0.2, 0) is 6.18 Å². The Kier molecular flexibility index (Phi) is 5.00. The van der Waals surface area contributed by atoms with Gasteiger partial charge in [0.15, 0.2) is 0 Å². The first kappa shape index (κ1) is 14.0. The minimum absolute atomic E-state index is 0.163. The van der Waals surface area contributed by atoms with Crippen LogP contribution in [0.5, 0.6) is 0 Å². The fourth-order valence-electron chi connectivity index (χ4n) is 1.70. The quantitative estimate of drug-likeness (QED) is 0.769. The Morgan fingerprint density at radius 1 is 1.12 bits per heavy atom. The fraction of sp³-hybridized carbons (Fsp3) is 0.538. The summed E-state index contributed by atoms with van der Waals surface area (Å²) in [5, 5.41) is 0. The molecule has 1 aromatic rings. The maximum atomic E-state index is 12.3. The van der Waals surface area contributed by atoms with Crippen LogP contribution in [0.2, 0.25) is 0 Å². The summed E-state index contributed by atoms with van der Waals surface area (Å²) in [5.74, 6) is 0. The molecule has 4 heteroatoms. The van der Waals surface area contributed by atoms with Crippen molar-refractivity contribution in [1.82, 2.24) is 0 Å². The summed E-state index contributed by atoms with van der Waals surface area (Å²) in [5.41, 5.74) is 6.06. The van der Waals surface area contributed by atoms with Gasteiger partial charge in [-0.15, -0.1) is 0 Å². The van der Waals surface area contributed by atoms with E-state index in [0.29, 0.717) is 0 Å². The number of benzene rings is 1. The van der Waals surface area contributed by atoms with Crippen molar-refractivity contribution < 1.29 is 13.2 Å². The second-order valence-corrected chi connectivity index (χ2v) is 4.22. The molecule has 0 amide bonds. The van der Waals surface area contributed by atoms with E-state index in [-0.39, 0.29) is 6.04 Å². The van der Waals surface area contributed by atoms with Crippen molar-refractivity contribution >= 4 is 0 Å². The first-order chi connectivity index (χ1) is 7.95. The van der Waals surface area contributed by atoms with E-state index in [1.165, 1.54) is 12.1 Å². The van der Waals surface area contributed by atoms with Gasteiger partial charge in [-0.25, -0.2) is 0 Å². The lowest BCUT2D eigenvalue weighted by molar-refractivity contribution is -0.137. The summed E-state index contributed by atoms with van der Waals surface area (Å²) in [6, 6.07) is 4.96. The molecule has 0 saturated heterocycles. The zero-order valence-electron chi connectivity index (χ0n) is 9.93. The third kappa shape index (κ3) is 4.38. The maximum Gasteiger partial charge on any atom is 0.416 e. The topological polar surface area (TPSA) is 26.0 Å². The maximum absolute atomic E-state index is 12.3. The van der Waals surface area contributed by atoms with Crippen LogP contribution in [0.15, 0.2) is 24.3 Å². The molecule has 1 atom stereocenters. The van der Waals surface area contributed by atoms with E-state index in [0.717, 1.165) is 43.4 Å². The molecular formula is C13H18F3N. The normalized spacial score (nSPS) is 13.7. The predicted octanol–water partition coefficient (Wildman–Crippen LogP) is 4.29. The molecule has 2 N–H and O–H groups in total. The SMILES string of the molecule is CCCCCC(N)c1ccc(C(F)(F)F)cc1. The molecule has 96 valence electrons. The van der Waals surface area contributed by atoms with Crippen LogP contribution < -0.4 is 5.73 Å². The van der Waals surface area contributed by atoms with Gasteiger partial charge in [0.2, 0.25) is 0 Å². The van der Waals surface area contributed by atoms with Crippen LogP contribution in [0.25, 0.3) is 0 Å². The van der Waals surface area contributed by atoms with E-state index in [2.05, 4.69) is 6.92 Å². The number of hydrogen-bond donors (Lipinski definition) is 1. The number of nitrogens with two attached hydrogens (primary N) is 1. The highest BCUT2D eigenvalue weighted by molar-refractivity contribution is 5.26. The van der Waals surface area contributed by atoms with Crippen molar-refractivity contribution in [2.45, 2.75) is 44.8 Å². The Balaban J connectivity index is 2.61.